The quantitative estimate of drug-likeness (QED) is 0.946. The minimum atomic E-state index is -0.322. The monoisotopic (exact) mass is 315 g/mol. The van der Waals surface area contributed by atoms with Gasteiger partial charge in [0.1, 0.15) is 11.6 Å². The molecule has 1 amide bonds. The second-order valence-corrected chi connectivity index (χ2v) is 5.42. The molecule has 23 heavy (non-hydrogen) atoms. The van der Waals surface area contributed by atoms with Gasteiger partial charge in [-0.2, -0.15) is 0 Å². The summed E-state index contributed by atoms with van der Waals surface area (Å²) in [6, 6.07) is 7.83. The number of hydrogen-bond acceptors (Lipinski definition) is 4. The predicted octanol–water partition coefficient (Wildman–Crippen LogP) is 2.62. The largest absolute Gasteiger partial charge is 0.378 e. The number of anilines is 2. The van der Waals surface area contributed by atoms with Gasteiger partial charge in [0.2, 0.25) is 0 Å². The van der Waals surface area contributed by atoms with Crippen LogP contribution < -0.4 is 10.2 Å². The van der Waals surface area contributed by atoms with Gasteiger partial charge in [-0.1, -0.05) is 0 Å². The van der Waals surface area contributed by atoms with E-state index in [1.54, 1.807) is 25.3 Å². The van der Waals surface area contributed by atoms with Gasteiger partial charge in [0, 0.05) is 25.0 Å². The standard InChI is InChI=1S/C17H18FN3O2/c1-12-10-14(18)3-4-15(12)20-17(22)13-2-5-16(19-11-13)21-6-8-23-9-7-21/h2-5,10-11H,6-9H2,1H3,(H,20,22). The lowest BCUT2D eigenvalue weighted by molar-refractivity contribution is 0.102. The maximum absolute atomic E-state index is 13.1. The highest BCUT2D eigenvalue weighted by molar-refractivity contribution is 6.04. The summed E-state index contributed by atoms with van der Waals surface area (Å²) < 4.78 is 18.4. The highest BCUT2D eigenvalue weighted by atomic mass is 19.1. The molecule has 1 aliphatic rings. The molecule has 1 N–H and O–H groups in total. The number of aryl methyl sites for hydroxylation is 1. The minimum absolute atomic E-state index is 0.263. The Balaban J connectivity index is 1.69. The van der Waals surface area contributed by atoms with Crippen molar-refractivity contribution in [3.8, 4) is 0 Å². The normalized spacial score (nSPS) is 14.6. The molecule has 1 aromatic heterocycles. The van der Waals surface area contributed by atoms with Gasteiger partial charge < -0.3 is 15.0 Å². The van der Waals surface area contributed by atoms with Crippen molar-refractivity contribution in [2.75, 3.05) is 36.5 Å². The number of nitrogens with zero attached hydrogens (tertiary/aromatic N) is 2. The van der Waals surface area contributed by atoms with Crippen LogP contribution in [-0.4, -0.2) is 37.2 Å². The first-order chi connectivity index (χ1) is 11.1. The van der Waals surface area contributed by atoms with Gasteiger partial charge in [0.05, 0.1) is 18.8 Å². The van der Waals surface area contributed by atoms with Crippen molar-refractivity contribution in [1.29, 1.82) is 0 Å². The third-order valence-electron chi connectivity index (χ3n) is 3.78. The van der Waals surface area contributed by atoms with Crippen molar-refractivity contribution >= 4 is 17.4 Å². The summed E-state index contributed by atoms with van der Waals surface area (Å²) in [6.07, 6.45) is 1.55. The van der Waals surface area contributed by atoms with Gasteiger partial charge in [0.15, 0.2) is 0 Å². The lowest BCUT2D eigenvalue weighted by Gasteiger charge is -2.27. The number of pyridine rings is 1. The molecular weight excluding hydrogens is 297 g/mol. The van der Waals surface area contributed by atoms with Crippen molar-refractivity contribution < 1.29 is 13.9 Å². The molecule has 0 radical (unpaired) electrons. The van der Waals surface area contributed by atoms with Crippen LogP contribution in [0.5, 0.6) is 0 Å². The van der Waals surface area contributed by atoms with Crippen molar-refractivity contribution in [2.24, 2.45) is 0 Å². The lowest BCUT2D eigenvalue weighted by Crippen LogP contribution is -2.36. The molecule has 1 fully saturated rings. The molecule has 2 aromatic rings. The van der Waals surface area contributed by atoms with E-state index in [1.807, 2.05) is 6.07 Å². The number of nitrogens with one attached hydrogen (secondary N) is 1. The number of rotatable bonds is 3. The molecule has 6 heteroatoms. The van der Waals surface area contributed by atoms with Crippen LogP contribution in [0.4, 0.5) is 15.9 Å². The Bertz CT molecular complexity index is 697. The molecule has 1 aromatic carbocycles. The summed E-state index contributed by atoms with van der Waals surface area (Å²) in [5.41, 5.74) is 1.73. The second-order valence-electron chi connectivity index (χ2n) is 5.42. The van der Waals surface area contributed by atoms with E-state index in [0.717, 1.165) is 18.9 Å². The SMILES string of the molecule is Cc1cc(F)ccc1NC(=O)c1ccc(N2CCOCC2)nc1. The van der Waals surface area contributed by atoms with Crippen LogP contribution in [0.3, 0.4) is 0 Å². The first kappa shape index (κ1) is 15.4. The van der Waals surface area contributed by atoms with Gasteiger partial charge >= 0.3 is 0 Å². The number of halogens is 1. The van der Waals surface area contributed by atoms with E-state index >= 15 is 0 Å². The Hall–Kier alpha value is -2.47. The molecule has 3 rings (SSSR count). The van der Waals surface area contributed by atoms with Crippen molar-refractivity contribution in [3.05, 3.63) is 53.5 Å². The van der Waals surface area contributed by atoms with Gasteiger partial charge in [0.25, 0.3) is 5.91 Å². The number of carbonyl (C=O) groups excluding carboxylic acids is 1. The van der Waals surface area contributed by atoms with Crippen LogP contribution >= 0.6 is 0 Å². The lowest BCUT2D eigenvalue weighted by atomic mass is 10.2. The molecule has 5 nitrogen and oxygen atoms in total. The van der Waals surface area contributed by atoms with E-state index in [0.29, 0.717) is 30.0 Å². The maximum atomic E-state index is 13.1. The van der Waals surface area contributed by atoms with Crippen molar-refractivity contribution in [3.63, 3.8) is 0 Å². The molecule has 0 spiro atoms. The van der Waals surface area contributed by atoms with Crippen molar-refractivity contribution in [2.45, 2.75) is 6.92 Å². The van der Waals surface area contributed by atoms with Gasteiger partial charge in [-0.05, 0) is 42.8 Å². The molecule has 0 unspecified atom stereocenters. The Labute approximate surface area is 134 Å². The van der Waals surface area contributed by atoms with E-state index in [1.165, 1.54) is 12.1 Å². The van der Waals surface area contributed by atoms with Crippen molar-refractivity contribution in [1.82, 2.24) is 4.98 Å². The van der Waals surface area contributed by atoms with E-state index < -0.39 is 0 Å². The third-order valence-corrected chi connectivity index (χ3v) is 3.78. The van der Waals surface area contributed by atoms with E-state index in [-0.39, 0.29) is 11.7 Å². The fourth-order valence-corrected chi connectivity index (χ4v) is 2.46. The molecule has 2 heterocycles. The zero-order valence-corrected chi connectivity index (χ0v) is 12.9. The number of carbonyl (C=O) groups is 1. The van der Waals surface area contributed by atoms with Gasteiger partial charge in [-0.15, -0.1) is 0 Å². The first-order valence-corrected chi connectivity index (χ1v) is 7.50. The predicted molar refractivity (Wildman–Crippen MR) is 86.4 cm³/mol. The Morgan fingerprint density at radius 2 is 2.04 bits per heavy atom. The molecule has 1 saturated heterocycles. The summed E-state index contributed by atoms with van der Waals surface area (Å²) in [5.74, 6) is 0.251. The molecular formula is C17H18FN3O2. The molecule has 0 bridgehead atoms. The molecule has 120 valence electrons. The fraction of sp³-hybridized carbons (Fsp3) is 0.294. The minimum Gasteiger partial charge on any atom is -0.378 e. The summed E-state index contributed by atoms with van der Waals surface area (Å²) in [6.45, 7) is 4.72. The maximum Gasteiger partial charge on any atom is 0.257 e. The van der Waals surface area contributed by atoms with Gasteiger partial charge in [-0.25, -0.2) is 9.37 Å². The number of ether oxygens (including phenoxy) is 1. The van der Waals surface area contributed by atoms with E-state index in [9.17, 15) is 9.18 Å². The number of hydrogen-bond donors (Lipinski definition) is 1. The van der Waals surface area contributed by atoms with Crippen LogP contribution in [-0.2, 0) is 4.74 Å². The third kappa shape index (κ3) is 3.65. The average Bonchev–Trinajstić information content (AvgIpc) is 2.58. The van der Waals surface area contributed by atoms with E-state index in [4.69, 9.17) is 4.74 Å². The number of morpholine rings is 1. The van der Waals surface area contributed by atoms with Crippen LogP contribution in [0.2, 0.25) is 0 Å². The van der Waals surface area contributed by atoms with Crippen LogP contribution in [0.25, 0.3) is 0 Å². The fourth-order valence-electron chi connectivity index (χ4n) is 2.46. The summed E-state index contributed by atoms with van der Waals surface area (Å²) in [5, 5.41) is 2.77. The number of benzene rings is 1. The highest BCUT2D eigenvalue weighted by Crippen LogP contribution is 2.18. The number of amides is 1. The summed E-state index contributed by atoms with van der Waals surface area (Å²) in [4.78, 5) is 18.7. The molecule has 0 aliphatic carbocycles. The smallest absolute Gasteiger partial charge is 0.257 e. The molecule has 0 saturated carbocycles. The van der Waals surface area contributed by atoms with Gasteiger partial charge in [-0.3, -0.25) is 4.79 Å². The average molecular weight is 315 g/mol. The van der Waals surface area contributed by atoms with Crippen LogP contribution in [0.1, 0.15) is 15.9 Å². The van der Waals surface area contributed by atoms with Crippen LogP contribution in [0, 0.1) is 12.7 Å². The van der Waals surface area contributed by atoms with Crippen LogP contribution in [0.15, 0.2) is 36.5 Å². The first-order valence-electron chi connectivity index (χ1n) is 7.50. The summed E-state index contributed by atoms with van der Waals surface area (Å²) >= 11 is 0. The Morgan fingerprint density at radius 3 is 2.70 bits per heavy atom. The zero-order valence-electron chi connectivity index (χ0n) is 12.9. The molecule has 0 atom stereocenters. The zero-order chi connectivity index (χ0) is 16.2. The highest BCUT2D eigenvalue weighted by Gasteiger charge is 2.14. The Morgan fingerprint density at radius 1 is 1.26 bits per heavy atom. The topological polar surface area (TPSA) is 54.5 Å². The van der Waals surface area contributed by atoms with E-state index in [2.05, 4.69) is 15.2 Å². The molecule has 1 aliphatic heterocycles. The Kier molecular flexibility index (Phi) is 4.52. The summed E-state index contributed by atoms with van der Waals surface area (Å²) in [7, 11) is 0. The number of aromatic nitrogens is 1. The second kappa shape index (κ2) is 6.75.